The van der Waals surface area contributed by atoms with Gasteiger partial charge in [-0.15, -0.1) is 0 Å². The number of carbonyl (C=O) groups is 3. The average Bonchev–Trinajstić information content (AvgIpc) is 3.09. The molecule has 0 radical (unpaired) electrons. The molecule has 172 valence electrons. The number of carbonyl (C=O) groups excluding carboxylic acids is 3. The van der Waals surface area contributed by atoms with Crippen molar-refractivity contribution in [1.29, 1.82) is 0 Å². The molecule has 7 heteroatoms. The highest BCUT2D eigenvalue weighted by molar-refractivity contribution is 6.31. The normalized spacial score (nSPS) is 18.5. The van der Waals surface area contributed by atoms with Gasteiger partial charge in [-0.25, -0.2) is 4.79 Å². The fourth-order valence-electron chi connectivity index (χ4n) is 4.68. The monoisotopic (exact) mass is 447 g/mol. The molecule has 1 aliphatic heterocycles. The number of hydrogen-bond acceptors (Lipinski definition) is 4. The van der Waals surface area contributed by atoms with Crippen LogP contribution in [0.5, 0.6) is 5.75 Å². The van der Waals surface area contributed by atoms with Crippen molar-refractivity contribution in [2.45, 2.75) is 52.0 Å². The number of urea groups is 1. The highest BCUT2D eigenvalue weighted by Crippen LogP contribution is 2.28. The largest absolute Gasteiger partial charge is 0.490 e. The second-order valence-electron chi connectivity index (χ2n) is 8.54. The number of aromatic nitrogens is 1. The number of hydrogen-bond donors (Lipinski definition) is 1. The van der Waals surface area contributed by atoms with E-state index in [0.29, 0.717) is 6.61 Å². The maximum absolute atomic E-state index is 13.2. The molecule has 0 atom stereocenters. The lowest BCUT2D eigenvalue weighted by atomic mass is 9.93. The van der Waals surface area contributed by atoms with Crippen LogP contribution in [0.1, 0.15) is 49.1 Å². The number of benzene rings is 1. The molecule has 4 rings (SSSR count). The van der Waals surface area contributed by atoms with E-state index in [9.17, 15) is 14.4 Å². The van der Waals surface area contributed by atoms with Crippen LogP contribution in [0.4, 0.5) is 4.79 Å². The van der Waals surface area contributed by atoms with Crippen molar-refractivity contribution in [3.63, 3.8) is 0 Å². The van der Waals surface area contributed by atoms with Crippen LogP contribution < -0.4 is 10.1 Å². The summed E-state index contributed by atoms with van der Waals surface area (Å²) in [7, 11) is 0. The summed E-state index contributed by atoms with van der Waals surface area (Å²) in [4.78, 5) is 39.4. The first-order valence-electron chi connectivity index (χ1n) is 11.3. The molecule has 4 amide bonds. The Bertz CT molecular complexity index is 1120. The quantitative estimate of drug-likeness (QED) is 0.403. The molecule has 2 fully saturated rings. The Morgan fingerprint density at radius 1 is 1.09 bits per heavy atom. The van der Waals surface area contributed by atoms with E-state index in [0.717, 1.165) is 60.5 Å². The smallest absolute Gasteiger partial charge is 0.331 e. The van der Waals surface area contributed by atoms with Crippen LogP contribution in [0.2, 0.25) is 0 Å². The number of amides is 4. The predicted molar refractivity (Wildman–Crippen MR) is 126 cm³/mol. The first-order valence-corrected chi connectivity index (χ1v) is 11.3. The fraction of sp³-hybridized carbons (Fsp3) is 0.346. The van der Waals surface area contributed by atoms with Gasteiger partial charge in [0.15, 0.2) is 0 Å². The number of barbiturate groups is 1. The van der Waals surface area contributed by atoms with Crippen molar-refractivity contribution in [2.75, 3.05) is 6.61 Å². The molecule has 1 saturated heterocycles. The van der Waals surface area contributed by atoms with Gasteiger partial charge in [-0.2, -0.15) is 0 Å². The van der Waals surface area contributed by atoms with Crippen molar-refractivity contribution in [2.24, 2.45) is 0 Å². The summed E-state index contributed by atoms with van der Waals surface area (Å²) >= 11 is 0. The fourth-order valence-corrected chi connectivity index (χ4v) is 4.68. The van der Waals surface area contributed by atoms with Crippen LogP contribution >= 0.6 is 0 Å². The van der Waals surface area contributed by atoms with E-state index in [2.05, 4.69) is 16.5 Å². The molecular formula is C26H29N3O4. The molecule has 1 aliphatic carbocycles. The topological polar surface area (TPSA) is 80.6 Å². The Labute approximate surface area is 193 Å². The van der Waals surface area contributed by atoms with Gasteiger partial charge < -0.3 is 9.30 Å². The number of nitrogens with zero attached hydrogens (tertiary/aromatic N) is 2. The third-order valence-electron chi connectivity index (χ3n) is 6.31. The predicted octanol–water partition coefficient (Wildman–Crippen LogP) is 4.45. The van der Waals surface area contributed by atoms with Crippen LogP contribution in [0.3, 0.4) is 0 Å². The lowest BCUT2D eigenvalue weighted by Crippen LogP contribution is -2.58. The summed E-state index contributed by atoms with van der Waals surface area (Å²) in [5.41, 5.74) is 3.55. The van der Waals surface area contributed by atoms with E-state index >= 15 is 0 Å². The van der Waals surface area contributed by atoms with Gasteiger partial charge in [0.2, 0.25) is 0 Å². The van der Waals surface area contributed by atoms with Crippen LogP contribution in [0.15, 0.2) is 48.6 Å². The zero-order valence-corrected chi connectivity index (χ0v) is 19.1. The molecule has 0 unspecified atom stereocenters. The molecule has 1 aromatic heterocycles. The molecule has 1 saturated carbocycles. The number of ether oxygens (including phenoxy) is 1. The molecule has 0 bridgehead atoms. The third-order valence-corrected chi connectivity index (χ3v) is 6.31. The van der Waals surface area contributed by atoms with Crippen LogP contribution in [-0.4, -0.2) is 40.0 Å². The third kappa shape index (κ3) is 4.49. The molecule has 0 spiro atoms. The SMILES string of the molecule is C=CCOc1ccc(-n2c(C)cc(C=C3C(=O)NC(=O)N(C4CCCCC4)C3=O)c2C)cc1. The van der Waals surface area contributed by atoms with E-state index < -0.39 is 17.8 Å². The summed E-state index contributed by atoms with van der Waals surface area (Å²) in [6, 6.07) is 8.86. The Hall–Kier alpha value is -3.61. The lowest BCUT2D eigenvalue weighted by molar-refractivity contribution is -0.132. The Morgan fingerprint density at radius 2 is 1.79 bits per heavy atom. The summed E-state index contributed by atoms with van der Waals surface area (Å²) in [6.45, 7) is 8.00. The van der Waals surface area contributed by atoms with Crippen molar-refractivity contribution in [3.8, 4) is 11.4 Å². The Kier molecular flexibility index (Phi) is 6.49. The van der Waals surface area contributed by atoms with Gasteiger partial charge in [0, 0.05) is 23.1 Å². The highest BCUT2D eigenvalue weighted by Gasteiger charge is 2.40. The van der Waals surface area contributed by atoms with Crippen LogP contribution in [0, 0.1) is 13.8 Å². The lowest BCUT2D eigenvalue weighted by Gasteiger charge is -2.35. The van der Waals surface area contributed by atoms with E-state index in [1.165, 1.54) is 4.90 Å². The van der Waals surface area contributed by atoms with E-state index in [1.54, 1.807) is 12.2 Å². The summed E-state index contributed by atoms with van der Waals surface area (Å²) in [5, 5.41) is 2.35. The van der Waals surface area contributed by atoms with E-state index in [4.69, 9.17) is 4.74 Å². The Morgan fingerprint density at radius 3 is 2.45 bits per heavy atom. The maximum Gasteiger partial charge on any atom is 0.331 e. The van der Waals surface area contributed by atoms with Crippen molar-refractivity contribution in [3.05, 3.63) is 65.5 Å². The number of nitrogens with one attached hydrogen (secondary N) is 1. The van der Waals surface area contributed by atoms with Crippen molar-refractivity contribution in [1.82, 2.24) is 14.8 Å². The summed E-state index contributed by atoms with van der Waals surface area (Å²) < 4.78 is 7.61. The molecule has 2 aliphatic rings. The maximum atomic E-state index is 13.2. The van der Waals surface area contributed by atoms with Crippen molar-refractivity contribution < 1.29 is 19.1 Å². The van der Waals surface area contributed by atoms with Gasteiger partial charge in [0.1, 0.15) is 17.9 Å². The molecule has 7 nitrogen and oxygen atoms in total. The van der Waals surface area contributed by atoms with Crippen molar-refractivity contribution >= 4 is 23.9 Å². The number of aryl methyl sites for hydroxylation is 1. The first-order chi connectivity index (χ1) is 15.9. The van der Waals surface area contributed by atoms with Gasteiger partial charge in [-0.05, 0) is 68.7 Å². The highest BCUT2D eigenvalue weighted by atomic mass is 16.5. The molecule has 2 heterocycles. The van der Waals surface area contributed by atoms with Gasteiger partial charge >= 0.3 is 6.03 Å². The first kappa shape index (κ1) is 22.6. The minimum absolute atomic E-state index is 0.00593. The zero-order valence-electron chi connectivity index (χ0n) is 19.1. The second-order valence-corrected chi connectivity index (χ2v) is 8.54. The second kappa shape index (κ2) is 9.48. The van der Waals surface area contributed by atoms with E-state index in [-0.39, 0.29) is 11.6 Å². The van der Waals surface area contributed by atoms with Gasteiger partial charge in [-0.3, -0.25) is 19.8 Å². The molecule has 33 heavy (non-hydrogen) atoms. The molecule has 2 aromatic rings. The van der Waals surface area contributed by atoms with Gasteiger partial charge in [0.05, 0.1) is 0 Å². The molecular weight excluding hydrogens is 418 g/mol. The summed E-state index contributed by atoms with van der Waals surface area (Å²) in [6.07, 6.45) is 7.92. The minimum Gasteiger partial charge on any atom is -0.490 e. The number of rotatable bonds is 6. The molecule has 1 aromatic carbocycles. The minimum atomic E-state index is -0.648. The van der Waals surface area contributed by atoms with Crippen LogP contribution in [-0.2, 0) is 9.59 Å². The van der Waals surface area contributed by atoms with Crippen LogP contribution in [0.25, 0.3) is 11.8 Å². The Balaban J connectivity index is 1.64. The van der Waals surface area contributed by atoms with Gasteiger partial charge in [-0.1, -0.05) is 31.9 Å². The average molecular weight is 448 g/mol. The number of imide groups is 2. The summed E-state index contributed by atoms with van der Waals surface area (Å²) in [5.74, 6) is -0.407. The molecule has 1 N–H and O–H groups in total. The van der Waals surface area contributed by atoms with Gasteiger partial charge in [0.25, 0.3) is 11.8 Å². The standard InChI is InChI=1S/C26H29N3O4/c1-4-14-33-22-12-10-21(11-13-22)28-17(2)15-19(18(28)3)16-23-24(30)27-26(32)29(25(23)31)20-8-6-5-7-9-20/h4,10-13,15-16,20H,1,5-9,14H2,2-3H3,(H,27,30,32). The van der Waals surface area contributed by atoms with E-state index in [1.807, 2.05) is 44.2 Å². The zero-order chi connectivity index (χ0) is 23.5.